The first-order valence-corrected chi connectivity index (χ1v) is 10.7. The van der Waals surface area contributed by atoms with E-state index in [9.17, 15) is 0 Å². The van der Waals surface area contributed by atoms with Gasteiger partial charge in [0.1, 0.15) is 5.69 Å². The van der Waals surface area contributed by atoms with Crippen molar-refractivity contribution in [3.63, 3.8) is 0 Å². The van der Waals surface area contributed by atoms with Crippen LogP contribution in [0, 0.1) is 6.20 Å². The van der Waals surface area contributed by atoms with Crippen molar-refractivity contribution in [2.75, 3.05) is 0 Å². The molecule has 0 bridgehead atoms. The van der Waals surface area contributed by atoms with Gasteiger partial charge in [-0.05, 0) is 35.6 Å². The zero-order valence-electron chi connectivity index (χ0n) is 18.4. The van der Waals surface area contributed by atoms with Crippen LogP contribution >= 0.6 is 0 Å². The van der Waals surface area contributed by atoms with E-state index in [0.29, 0.717) is 6.04 Å². The lowest BCUT2D eigenvalue weighted by atomic mass is 9.80. The third kappa shape index (κ3) is 2.90. The molecule has 0 saturated heterocycles. The summed E-state index contributed by atoms with van der Waals surface area (Å²) in [6.07, 6.45) is 5.79. The quantitative estimate of drug-likeness (QED) is 0.229. The van der Waals surface area contributed by atoms with Gasteiger partial charge in [-0.15, -0.1) is 6.07 Å². The van der Waals surface area contributed by atoms with E-state index in [-0.39, 0.29) is 5.41 Å². The Balaban J connectivity index is 2.04. The molecule has 0 spiro atoms. The highest BCUT2D eigenvalue weighted by atomic mass is 15.1. The van der Waals surface area contributed by atoms with E-state index in [4.69, 9.17) is 0 Å². The van der Waals surface area contributed by atoms with Crippen molar-refractivity contribution < 1.29 is 4.57 Å². The molecular weight excluding hydrogens is 364 g/mol. The van der Waals surface area contributed by atoms with E-state index < -0.39 is 0 Å². The molecule has 30 heavy (non-hydrogen) atoms. The van der Waals surface area contributed by atoms with Crippen LogP contribution in [-0.4, -0.2) is 4.40 Å². The van der Waals surface area contributed by atoms with E-state index in [2.05, 4.69) is 123 Å². The Morgan fingerprint density at radius 3 is 2.20 bits per heavy atom. The lowest BCUT2D eigenvalue weighted by Crippen LogP contribution is -2.33. The third-order valence-electron chi connectivity index (χ3n) is 6.02. The minimum Gasteiger partial charge on any atom is -0.340 e. The Morgan fingerprint density at radius 1 is 0.833 bits per heavy atom. The van der Waals surface area contributed by atoms with Crippen molar-refractivity contribution in [1.29, 1.82) is 0 Å². The second-order valence-electron chi connectivity index (χ2n) is 9.52. The van der Waals surface area contributed by atoms with Gasteiger partial charge in [0.2, 0.25) is 0 Å². The van der Waals surface area contributed by atoms with Gasteiger partial charge < -0.3 is 4.57 Å². The number of nitrogens with zero attached hydrogens (tertiary/aromatic N) is 2. The minimum absolute atomic E-state index is 0.0214. The average molecular weight is 393 g/mol. The van der Waals surface area contributed by atoms with Gasteiger partial charge in [0.05, 0.1) is 17.8 Å². The molecule has 0 atom stereocenters. The van der Waals surface area contributed by atoms with Crippen LogP contribution in [0.25, 0.3) is 38.3 Å². The number of hydrogen-bond acceptors (Lipinski definition) is 0. The van der Waals surface area contributed by atoms with Crippen LogP contribution < -0.4 is 4.57 Å². The number of benzene rings is 3. The lowest BCUT2D eigenvalue weighted by Gasteiger charge is -2.25. The smallest absolute Gasteiger partial charge is 0.153 e. The van der Waals surface area contributed by atoms with Crippen molar-refractivity contribution in [3.05, 3.63) is 84.8 Å². The second-order valence-corrected chi connectivity index (χ2v) is 9.52. The van der Waals surface area contributed by atoms with Crippen LogP contribution in [0.15, 0.2) is 73.1 Å². The van der Waals surface area contributed by atoms with Gasteiger partial charge in [-0.25, -0.2) is 0 Å². The number of hydrogen-bond donors (Lipinski definition) is 0. The summed E-state index contributed by atoms with van der Waals surface area (Å²) < 4.78 is 4.51. The number of rotatable bonds is 2. The predicted octanol–water partition coefficient (Wildman–Crippen LogP) is 6.88. The van der Waals surface area contributed by atoms with Gasteiger partial charge in [0.25, 0.3) is 0 Å². The summed E-state index contributed by atoms with van der Waals surface area (Å²) in [5.74, 6) is 0. The summed E-state index contributed by atoms with van der Waals surface area (Å²) >= 11 is 0. The molecule has 2 aromatic heterocycles. The summed E-state index contributed by atoms with van der Waals surface area (Å²) in [6.45, 7) is 11.3. The van der Waals surface area contributed by atoms with E-state index in [0.717, 1.165) is 5.52 Å². The number of imidazole rings is 1. The van der Waals surface area contributed by atoms with Gasteiger partial charge in [-0.2, -0.15) is 0 Å². The summed E-state index contributed by atoms with van der Waals surface area (Å²) in [4.78, 5) is 0. The van der Waals surface area contributed by atoms with Crippen molar-refractivity contribution in [1.82, 2.24) is 4.40 Å². The first-order valence-electron chi connectivity index (χ1n) is 10.7. The number of pyridine rings is 1. The normalized spacial score (nSPS) is 12.5. The molecule has 0 aliphatic heterocycles. The maximum atomic E-state index is 3.58. The monoisotopic (exact) mass is 392 g/mol. The Kier molecular flexibility index (Phi) is 4.21. The zero-order valence-corrected chi connectivity index (χ0v) is 18.4. The van der Waals surface area contributed by atoms with Gasteiger partial charge in [-0.3, -0.25) is 4.40 Å². The van der Waals surface area contributed by atoms with Crippen LogP contribution in [0.3, 0.4) is 0 Å². The fourth-order valence-electron chi connectivity index (χ4n) is 4.47. The maximum Gasteiger partial charge on any atom is 0.153 e. The second kappa shape index (κ2) is 6.70. The minimum atomic E-state index is 0.0214. The molecular formula is C28H28N2. The molecule has 2 nitrogen and oxygen atoms in total. The SMILES string of the molecule is CC(C)[n+]1[c-]c2cc3ccccc3c(-c3c(C(C)(C)C)ccc4ccccc34)n2c1. The van der Waals surface area contributed by atoms with Crippen LogP contribution in [0.2, 0.25) is 0 Å². The fraction of sp³-hybridized carbons (Fsp3) is 0.250. The molecule has 0 aliphatic carbocycles. The molecule has 150 valence electrons. The van der Waals surface area contributed by atoms with Crippen molar-refractivity contribution in [3.8, 4) is 11.3 Å². The van der Waals surface area contributed by atoms with E-state index in [1.54, 1.807) is 0 Å². The van der Waals surface area contributed by atoms with Crippen molar-refractivity contribution >= 4 is 27.1 Å². The number of fused-ring (bicyclic) bond motifs is 3. The topological polar surface area (TPSA) is 8.29 Å². The van der Waals surface area contributed by atoms with Crippen LogP contribution in [-0.2, 0) is 5.41 Å². The summed E-state index contributed by atoms with van der Waals surface area (Å²) in [5, 5.41) is 5.09. The first kappa shape index (κ1) is 18.9. The molecule has 2 heteroatoms. The number of aromatic nitrogens is 2. The highest BCUT2D eigenvalue weighted by Gasteiger charge is 2.25. The molecule has 0 N–H and O–H groups in total. The largest absolute Gasteiger partial charge is 0.340 e. The molecule has 0 amide bonds. The van der Waals surface area contributed by atoms with Crippen LogP contribution in [0.5, 0.6) is 0 Å². The molecule has 0 unspecified atom stereocenters. The molecule has 0 saturated carbocycles. The van der Waals surface area contributed by atoms with Crippen molar-refractivity contribution in [2.45, 2.75) is 46.1 Å². The predicted molar refractivity (Wildman–Crippen MR) is 126 cm³/mol. The Hall–Kier alpha value is -3.13. The highest BCUT2D eigenvalue weighted by Crippen LogP contribution is 2.41. The summed E-state index contributed by atoms with van der Waals surface area (Å²) in [6, 6.07) is 24.6. The van der Waals surface area contributed by atoms with Gasteiger partial charge in [-0.1, -0.05) is 86.8 Å². The Labute approximate surface area is 178 Å². The molecule has 3 aromatic carbocycles. The van der Waals surface area contributed by atoms with Gasteiger partial charge in [0.15, 0.2) is 6.33 Å². The standard InChI is InChI=1S/C28H28N2/c1-19(2)29-17-22-16-21-11-7-9-13-24(21)27(30(22)18-29)26-23-12-8-6-10-20(23)14-15-25(26)28(3,4)5/h6-16,18-19H,1-5H3. The van der Waals surface area contributed by atoms with E-state index in [1.165, 1.54) is 38.4 Å². The van der Waals surface area contributed by atoms with E-state index in [1.807, 2.05) is 0 Å². The van der Waals surface area contributed by atoms with Crippen molar-refractivity contribution in [2.24, 2.45) is 0 Å². The van der Waals surface area contributed by atoms with Crippen LogP contribution in [0.1, 0.15) is 46.2 Å². The molecule has 0 aliphatic rings. The molecule has 5 aromatic rings. The summed E-state index contributed by atoms with van der Waals surface area (Å²) in [7, 11) is 0. The fourth-order valence-corrected chi connectivity index (χ4v) is 4.47. The van der Waals surface area contributed by atoms with Gasteiger partial charge >= 0.3 is 0 Å². The first-order chi connectivity index (χ1) is 14.3. The van der Waals surface area contributed by atoms with Gasteiger partial charge in [0, 0.05) is 10.9 Å². The van der Waals surface area contributed by atoms with E-state index >= 15 is 0 Å². The van der Waals surface area contributed by atoms with Crippen LogP contribution in [0.4, 0.5) is 0 Å². The average Bonchev–Trinajstić information content (AvgIpc) is 3.14. The molecule has 0 radical (unpaired) electrons. The third-order valence-corrected chi connectivity index (χ3v) is 6.02. The Bertz CT molecular complexity index is 1400. The summed E-state index contributed by atoms with van der Waals surface area (Å²) in [5.41, 5.74) is 5.06. The highest BCUT2D eigenvalue weighted by molar-refractivity contribution is 6.06. The molecule has 5 rings (SSSR count). The molecule has 2 heterocycles. The maximum absolute atomic E-state index is 3.58. The molecule has 0 fully saturated rings. The zero-order chi connectivity index (χ0) is 21.0. The lowest BCUT2D eigenvalue weighted by molar-refractivity contribution is -0.718. The Morgan fingerprint density at radius 2 is 1.50 bits per heavy atom.